The number of amides is 1. The second-order valence-corrected chi connectivity index (χ2v) is 4.41. The van der Waals surface area contributed by atoms with Crippen LogP contribution in [0.5, 0.6) is 0 Å². The van der Waals surface area contributed by atoms with Gasteiger partial charge in [-0.15, -0.1) is 0 Å². The number of carbonyl (C=O) groups excluding carboxylic acids is 1. The van der Waals surface area contributed by atoms with Gasteiger partial charge in [-0.25, -0.2) is 0 Å². The number of carbonyl (C=O) groups is 1. The number of rotatable bonds is 5. The highest BCUT2D eigenvalue weighted by Gasteiger charge is 2.12. The van der Waals surface area contributed by atoms with Crippen LogP contribution in [0.2, 0.25) is 0 Å². The molecule has 1 N–H and O–H groups in total. The Kier molecular flexibility index (Phi) is 6.78. The summed E-state index contributed by atoms with van der Waals surface area (Å²) in [5.74, 6) is 5.43. The monoisotopic (exact) mass is 275 g/mol. The van der Waals surface area contributed by atoms with Crippen LogP contribution in [0, 0.1) is 18.8 Å². The molecule has 0 saturated carbocycles. The van der Waals surface area contributed by atoms with Gasteiger partial charge in [-0.3, -0.25) is 4.79 Å². The first-order chi connectivity index (χ1) is 9.60. The molecular formula is C16H21NO3. The van der Waals surface area contributed by atoms with Crippen LogP contribution in [0.4, 0.5) is 0 Å². The van der Waals surface area contributed by atoms with E-state index >= 15 is 0 Å². The number of aliphatic hydroxyl groups excluding tert-OH is 1. The van der Waals surface area contributed by atoms with Gasteiger partial charge < -0.3 is 14.7 Å². The lowest BCUT2D eigenvalue weighted by molar-refractivity contribution is 0.0710. The lowest BCUT2D eigenvalue weighted by Crippen LogP contribution is -2.30. The SMILES string of the molecule is CCOCCN(C)C(=O)c1ccc(C#CCO)c(C)c1. The van der Waals surface area contributed by atoms with Crippen LogP contribution in [-0.4, -0.2) is 49.3 Å². The molecule has 0 heterocycles. The van der Waals surface area contributed by atoms with Crippen molar-refractivity contribution in [3.8, 4) is 11.8 Å². The lowest BCUT2D eigenvalue weighted by Gasteiger charge is -2.17. The molecule has 0 unspecified atom stereocenters. The van der Waals surface area contributed by atoms with Crippen molar-refractivity contribution in [2.24, 2.45) is 0 Å². The Morgan fingerprint density at radius 1 is 1.45 bits per heavy atom. The van der Waals surface area contributed by atoms with Gasteiger partial charge in [-0.2, -0.15) is 0 Å². The molecule has 1 aromatic rings. The van der Waals surface area contributed by atoms with Crippen molar-refractivity contribution in [1.29, 1.82) is 0 Å². The van der Waals surface area contributed by atoms with E-state index in [2.05, 4.69) is 11.8 Å². The average Bonchev–Trinajstić information content (AvgIpc) is 2.45. The van der Waals surface area contributed by atoms with Gasteiger partial charge in [0.15, 0.2) is 0 Å². The minimum atomic E-state index is -0.166. The third-order valence-electron chi connectivity index (χ3n) is 2.90. The predicted octanol–water partition coefficient (Wildman–Crippen LogP) is 1.45. The summed E-state index contributed by atoms with van der Waals surface area (Å²) in [5.41, 5.74) is 2.39. The molecule has 1 amide bonds. The van der Waals surface area contributed by atoms with Crippen LogP contribution in [-0.2, 0) is 4.74 Å². The Morgan fingerprint density at radius 3 is 2.80 bits per heavy atom. The molecule has 0 aliphatic heterocycles. The number of aliphatic hydroxyl groups is 1. The van der Waals surface area contributed by atoms with E-state index in [9.17, 15) is 4.79 Å². The Hall–Kier alpha value is -1.83. The Balaban J connectivity index is 2.76. The number of hydrogen-bond acceptors (Lipinski definition) is 3. The van der Waals surface area contributed by atoms with Crippen LogP contribution < -0.4 is 0 Å². The zero-order valence-electron chi connectivity index (χ0n) is 12.3. The van der Waals surface area contributed by atoms with Crippen molar-refractivity contribution in [1.82, 2.24) is 4.90 Å². The molecule has 0 bridgehead atoms. The van der Waals surface area contributed by atoms with Crippen molar-refractivity contribution < 1.29 is 14.6 Å². The molecule has 0 fully saturated rings. The van der Waals surface area contributed by atoms with Crippen LogP contribution >= 0.6 is 0 Å². The molecule has 0 aliphatic rings. The van der Waals surface area contributed by atoms with E-state index in [1.807, 2.05) is 26.0 Å². The topological polar surface area (TPSA) is 49.8 Å². The highest BCUT2D eigenvalue weighted by atomic mass is 16.5. The van der Waals surface area contributed by atoms with Crippen LogP contribution in [0.1, 0.15) is 28.4 Å². The molecule has 4 nitrogen and oxygen atoms in total. The molecule has 4 heteroatoms. The zero-order chi connectivity index (χ0) is 15.0. The second-order valence-electron chi connectivity index (χ2n) is 4.41. The van der Waals surface area contributed by atoms with Crippen molar-refractivity contribution >= 4 is 5.91 Å². The molecule has 0 radical (unpaired) electrons. The number of likely N-dealkylation sites (N-methyl/N-ethyl adjacent to an activating group) is 1. The molecule has 1 aromatic carbocycles. The minimum Gasteiger partial charge on any atom is -0.384 e. The van der Waals surface area contributed by atoms with Crippen LogP contribution in [0.25, 0.3) is 0 Å². The van der Waals surface area contributed by atoms with Gasteiger partial charge >= 0.3 is 0 Å². The average molecular weight is 275 g/mol. The minimum absolute atomic E-state index is 0.0329. The Bertz CT molecular complexity index is 514. The van der Waals surface area contributed by atoms with E-state index in [4.69, 9.17) is 9.84 Å². The Morgan fingerprint density at radius 2 is 2.20 bits per heavy atom. The van der Waals surface area contributed by atoms with E-state index in [-0.39, 0.29) is 12.5 Å². The van der Waals surface area contributed by atoms with Gasteiger partial charge in [0.05, 0.1) is 6.61 Å². The summed E-state index contributed by atoms with van der Waals surface area (Å²) in [6.45, 7) is 5.42. The van der Waals surface area contributed by atoms with E-state index in [0.29, 0.717) is 25.3 Å². The van der Waals surface area contributed by atoms with Gasteiger partial charge in [-0.1, -0.05) is 11.8 Å². The number of nitrogens with zero attached hydrogens (tertiary/aromatic N) is 1. The Labute approximate surface area is 120 Å². The third-order valence-corrected chi connectivity index (χ3v) is 2.90. The van der Waals surface area contributed by atoms with Gasteiger partial charge in [-0.05, 0) is 37.6 Å². The zero-order valence-corrected chi connectivity index (χ0v) is 12.3. The van der Waals surface area contributed by atoms with Crippen molar-refractivity contribution in [3.05, 3.63) is 34.9 Å². The van der Waals surface area contributed by atoms with Gasteiger partial charge in [0, 0.05) is 31.3 Å². The van der Waals surface area contributed by atoms with Gasteiger partial charge in [0.1, 0.15) is 6.61 Å². The highest BCUT2D eigenvalue weighted by Crippen LogP contribution is 2.12. The van der Waals surface area contributed by atoms with Crippen molar-refractivity contribution in [3.63, 3.8) is 0 Å². The summed E-state index contributed by atoms with van der Waals surface area (Å²) < 4.78 is 5.24. The van der Waals surface area contributed by atoms with Crippen molar-refractivity contribution in [2.45, 2.75) is 13.8 Å². The maximum absolute atomic E-state index is 12.2. The number of benzene rings is 1. The molecule has 0 spiro atoms. The normalized spacial score (nSPS) is 9.80. The fourth-order valence-corrected chi connectivity index (χ4v) is 1.74. The summed E-state index contributed by atoms with van der Waals surface area (Å²) in [4.78, 5) is 13.9. The van der Waals surface area contributed by atoms with E-state index in [1.54, 1.807) is 18.0 Å². The maximum atomic E-state index is 12.2. The summed E-state index contributed by atoms with van der Waals surface area (Å²) in [7, 11) is 1.76. The largest absolute Gasteiger partial charge is 0.384 e. The smallest absolute Gasteiger partial charge is 0.253 e. The summed E-state index contributed by atoms with van der Waals surface area (Å²) in [6.07, 6.45) is 0. The number of aryl methyl sites for hydroxylation is 1. The molecule has 0 aliphatic carbocycles. The number of ether oxygens (including phenoxy) is 1. The molecule has 0 aromatic heterocycles. The molecule has 1 rings (SSSR count). The summed E-state index contributed by atoms with van der Waals surface area (Å²) in [6, 6.07) is 5.39. The molecule has 108 valence electrons. The first kappa shape index (κ1) is 16.2. The first-order valence-corrected chi connectivity index (χ1v) is 6.63. The fourth-order valence-electron chi connectivity index (χ4n) is 1.74. The molecular weight excluding hydrogens is 254 g/mol. The van der Waals surface area contributed by atoms with Gasteiger partial charge in [0.25, 0.3) is 5.91 Å². The standard InChI is InChI=1S/C16H21NO3/c1-4-20-11-9-17(3)16(19)15-8-7-14(6-5-10-18)13(2)12-15/h7-8,12,18H,4,9-11H2,1-3H3. The molecule has 0 saturated heterocycles. The second kappa shape index (κ2) is 8.36. The van der Waals surface area contributed by atoms with E-state index < -0.39 is 0 Å². The first-order valence-electron chi connectivity index (χ1n) is 6.63. The predicted molar refractivity (Wildman–Crippen MR) is 78.6 cm³/mol. The van der Waals surface area contributed by atoms with Crippen LogP contribution in [0.3, 0.4) is 0 Å². The van der Waals surface area contributed by atoms with E-state index in [0.717, 1.165) is 11.1 Å². The van der Waals surface area contributed by atoms with E-state index in [1.165, 1.54) is 0 Å². The summed E-state index contributed by atoms with van der Waals surface area (Å²) >= 11 is 0. The highest BCUT2D eigenvalue weighted by molar-refractivity contribution is 5.94. The third kappa shape index (κ3) is 4.69. The lowest BCUT2D eigenvalue weighted by atomic mass is 10.0. The summed E-state index contributed by atoms with van der Waals surface area (Å²) in [5, 5.41) is 8.69. The van der Waals surface area contributed by atoms with Crippen LogP contribution in [0.15, 0.2) is 18.2 Å². The molecule has 20 heavy (non-hydrogen) atoms. The number of hydrogen-bond donors (Lipinski definition) is 1. The quantitative estimate of drug-likeness (QED) is 0.653. The maximum Gasteiger partial charge on any atom is 0.253 e. The van der Waals surface area contributed by atoms with Gasteiger partial charge in [0.2, 0.25) is 0 Å². The molecule has 0 atom stereocenters. The van der Waals surface area contributed by atoms with Crippen molar-refractivity contribution in [2.75, 3.05) is 33.4 Å². The fraction of sp³-hybridized carbons (Fsp3) is 0.438.